The van der Waals surface area contributed by atoms with Gasteiger partial charge in [-0.2, -0.15) is 13.2 Å². The van der Waals surface area contributed by atoms with Crippen molar-refractivity contribution < 1.29 is 13.2 Å². The third-order valence-electron chi connectivity index (χ3n) is 3.82. The van der Waals surface area contributed by atoms with Gasteiger partial charge in [0.15, 0.2) is 0 Å². The minimum Gasteiger partial charge on any atom is -0.309 e. The highest BCUT2D eigenvalue weighted by Gasteiger charge is 2.35. The van der Waals surface area contributed by atoms with Crippen molar-refractivity contribution >= 4 is 0 Å². The highest BCUT2D eigenvalue weighted by molar-refractivity contribution is 5.44. The second-order valence-electron chi connectivity index (χ2n) is 5.10. The first-order valence-electron chi connectivity index (χ1n) is 6.75. The van der Waals surface area contributed by atoms with Crippen LogP contribution in [-0.4, -0.2) is 7.05 Å². The number of hydrogen-bond donors (Lipinski definition) is 1. The summed E-state index contributed by atoms with van der Waals surface area (Å²) in [4.78, 5) is 0. The second kappa shape index (κ2) is 5.90. The predicted octanol–water partition coefficient (Wildman–Crippen LogP) is 4.63. The molecule has 0 heterocycles. The summed E-state index contributed by atoms with van der Waals surface area (Å²) >= 11 is 0. The molecular weight excluding hydrogens is 275 g/mol. The Labute approximate surface area is 122 Å². The van der Waals surface area contributed by atoms with Crippen LogP contribution in [0.25, 0.3) is 0 Å². The first kappa shape index (κ1) is 15.6. The number of alkyl halides is 3. The fraction of sp³-hybridized carbons (Fsp3) is 0.294. The number of halogens is 3. The van der Waals surface area contributed by atoms with Gasteiger partial charge >= 0.3 is 6.18 Å². The Balaban J connectivity index is 2.60. The molecule has 1 nitrogen and oxygen atoms in total. The van der Waals surface area contributed by atoms with Crippen LogP contribution in [0, 0.1) is 13.8 Å². The number of nitrogens with one attached hydrogen (secondary N) is 1. The molecule has 112 valence electrons. The Morgan fingerprint density at radius 1 is 0.905 bits per heavy atom. The van der Waals surface area contributed by atoms with E-state index in [1.807, 2.05) is 32.0 Å². The third kappa shape index (κ3) is 3.10. The van der Waals surface area contributed by atoms with E-state index in [1.165, 1.54) is 12.1 Å². The van der Waals surface area contributed by atoms with Crippen molar-refractivity contribution in [1.82, 2.24) is 5.32 Å². The maximum atomic E-state index is 13.2. The lowest BCUT2D eigenvalue weighted by atomic mass is 9.90. The van der Waals surface area contributed by atoms with Crippen molar-refractivity contribution in [3.8, 4) is 0 Å². The van der Waals surface area contributed by atoms with Gasteiger partial charge in [0.2, 0.25) is 0 Å². The average molecular weight is 293 g/mol. The topological polar surface area (TPSA) is 12.0 Å². The largest absolute Gasteiger partial charge is 0.416 e. The summed E-state index contributed by atoms with van der Waals surface area (Å²) in [6.07, 6.45) is -4.36. The fourth-order valence-corrected chi connectivity index (χ4v) is 2.57. The van der Waals surface area contributed by atoms with Crippen LogP contribution in [0.4, 0.5) is 13.2 Å². The predicted molar refractivity (Wildman–Crippen MR) is 78.3 cm³/mol. The molecule has 0 saturated carbocycles. The lowest BCUT2D eigenvalue weighted by molar-refractivity contribution is -0.138. The van der Waals surface area contributed by atoms with E-state index in [9.17, 15) is 13.2 Å². The molecule has 0 aliphatic carbocycles. The Kier molecular flexibility index (Phi) is 4.37. The molecule has 21 heavy (non-hydrogen) atoms. The van der Waals surface area contributed by atoms with Crippen LogP contribution < -0.4 is 5.32 Å². The molecular formula is C17H18F3N. The zero-order valence-electron chi connectivity index (χ0n) is 12.3. The van der Waals surface area contributed by atoms with Gasteiger partial charge in [-0.1, -0.05) is 36.4 Å². The smallest absolute Gasteiger partial charge is 0.309 e. The van der Waals surface area contributed by atoms with E-state index < -0.39 is 17.8 Å². The summed E-state index contributed by atoms with van der Waals surface area (Å²) in [5, 5.41) is 3.02. The Morgan fingerprint density at radius 2 is 1.52 bits per heavy atom. The molecule has 4 heteroatoms. The van der Waals surface area contributed by atoms with E-state index in [0.29, 0.717) is 0 Å². The van der Waals surface area contributed by atoms with Crippen LogP contribution in [0.5, 0.6) is 0 Å². The van der Waals surface area contributed by atoms with Gasteiger partial charge < -0.3 is 5.32 Å². The summed E-state index contributed by atoms with van der Waals surface area (Å²) in [7, 11) is 1.68. The first-order valence-corrected chi connectivity index (χ1v) is 6.75. The van der Waals surface area contributed by atoms with Crippen molar-refractivity contribution in [1.29, 1.82) is 0 Å². The lowest BCUT2D eigenvalue weighted by Crippen LogP contribution is -2.22. The number of rotatable bonds is 3. The second-order valence-corrected chi connectivity index (χ2v) is 5.10. The van der Waals surface area contributed by atoms with Crippen LogP contribution in [0.3, 0.4) is 0 Å². The van der Waals surface area contributed by atoms with Crippen LogP contribution in [0.15, 0.2) is 42.5 Å². The molecule has 2 aromatic rings. The van der Waals surface area contributed by atoms with E-state index in [0.717, 1.165) is 22.8 Å². The molecule has 0 spiro atoms. The number of benzene rings is 2. The first-order chi connectivity index (χ1) is 9.86. The average Bonchev–Trinajstić information content (AvgIpc) is 2.44. The molecule has 1 unspecified atom stereocenters. The molecule has 2 rings (SSSR count). The molecule has 0 radical (unpaired) electrons. The highest BCUT2D eigenvalue weighted by atomic mass is 19.4. The maximum absolute atomic E-state index is 13.2. The molecule has 0 fully saturated rings. The molecule has 1 N–H and O–H groups in total. The molecule has 0 bridgehead atoms. The molecule has 0 aliphatic heterocycles. The van der Waals surface area contributed by atoms with Crippen LogP contribution in [0.2, 0.25) is 0 Å². The van der Waals surface area contributed by atoms with E-state index in [4.69, 9.17) is 0 Å². The van der Waals surface area contributed by atoms with Crippen LogP contribution in [-0.2, 0) is 6.18 Å². The quantitative estimate of drug-likeness (QED) is 0.870. The molecule has 0 aliphatic rings. The zero-order chi connectivity index (χ0) is 15.6. The van der Waals surface area contributed by atoms with E-state index in [-0.39, 0.29) is 5.56 Å². The number of aryl methyl sites for hydroxylation is 1. The van der Waals surface area contributed by atoms with Crippen molar-refractivity contribution in [3.63, 3.8) is 0 Å². The molecule has 0 saturated heterocycles. The van der Waals surface area contributed by atoms with Gasteiger partial charge in [-0.3, -0.25) is 0 Å². The summed E-state index contributed by atoms with van der Waals surface area (Å²) in [6.45, 7) is 3.90. The van der Waals surface area contributed by atoms with Gasteiger partial charge in [0, 0.05) is 0 Å². The standard InChI is InChI=1S/C17H18F3N/c1-11-7-6-9-13(12(11)2)16(21-3)14-8-4-5-10-15(14)17(18,19)20/h4-10,16,21H,1-3H3. The van der Waals surface area contributed by atoms with Gasteiger partial charge in [-0.05, 0) is 49.2 Å². The van der Waals surface area contributed by atoms with Crippen LogP contribution in [0.1, 0.15) is 33.9 Å². The zero-order valence-corrected chi connectivity index (χ0v) is 12.3. The molecule has 1 atom stereocenters. The molecule has 0 aromatic heterocycles. The van der Waals surface area contributed by atoms with Gasteiger partial charge in [-0.15, -0.1) is 0 Å². The molecule has 0 amide bonds. The van der Waals surface area contributed by atoms with Crippen molar-refractivity contribution in [2.24, 2.45) is 0 Å². The van der Waals surface area contributed by atoms with Crippen molar-refractivity contribution in [3.05, 3.63) is 70.3 Å². The van der Waals surface area contributed by atoms with Gasteiger partial charge in [0.1, 0.15) is 0 Å². The SMILES string of the molecule is CNC(c1ccccc1C(F)(F)F)c1cccc(C)c1C. The Bertz CT molecular complexity index is 632. The van der Waals surface area contributed by atoms with Gasteiger partial charge in [0.25, 0.3) is 0 Å². The maximum Gasteiger partial charge on any atom is 0.416 e. The minimum atomic E-state index is -4.36. The van der Waals surface area contributed by atoms with Crippen molar-refractivity contribution in [2.45, 2.75) is 26.1 Å². The Hall–Kier alpha value is -1.81. The minimum absolute atomic E-state index is 0.251. The van der Waals surface area contributed by atoms with Crippen molar-refractivity contribution in [2.75, 3.05) is 7.05 Å². The molecule has 2 aromatic carbocycles. The van der Waals surface area contributed by atoms with E-state index in [1.54, 1.807) is 13.1 Å². The highest BCUT2D eigenvalue weighted by Crippen LogP contribution is 2.37. The van der Waals surface area contributed by atoms with E-state index in [2.05, 4.69) is 5.32 Å². The van der Waals surface area contributed by atoms with E-state index >= 15 is 0 Å². The normalized spacial score (nSPS) is 13.2. The van der Waals surface area contributed by atoms with Gasteiger partial charge in [0.05, 0.1) is 11.6 Å². The van der Waals surface area contributed by atoms with Crippen LogP contribution >= 0.6 is 0 Å². The number of hydrogen-bond acceptors (Lipinski definition) is 1. The summed E-state index contributed by atoms with van der Waals surface area (Å²) in [5.41, 5.74) is 2.60. The summed E-state index contributed by atoms with van der Waals surface area (Å²) in [5.74, 6) is 0. The van der Waals surface area contributed by atoms with Gasteiger partial charge in [-0.25, -0.2) is 0 Å². The monoisotopic (exact) mass is 293 g/mol. The summed E-state index contributed by atoms with van der Waals surface area (Å²) in [6, 6.07) is 10.9. The summed E-state index contributed by atoms with van der Waals surface area (Å²) < 4.78 is 39.6. The third-order valence-corrected chi connectivity index (χ3v) is 3.82. The fourth-order valence-electron chi connectivity index (χ4n) is 2.57. The lowest BCUT2D eigenvalue weighted by Gasteiger charge is -2.24. The Morgan fingerprint density at radius 3 is 2.14 bits per heavy atom.